The molecule has 0 aromatic carbocycles. The number of hydrogen-bond acceptors (Lipinski definition) is 3. The van der Waals surface area contributed by atoms with E-state index in [2.05, 4.69) is 24.3 Å². The number of fused-ring (bicyclic) bond motifs is 1. The maximum atomic E-state index is 5.39. The van der Waals surface area contributed by atoms with Crippen molar-refractivity contribution in [2.75, 3.05) is 7.05 Å². The van der Waals surface area contributed by atoms with E-state index in [0.717, 1.165) is 17.9 Å². The number of nitrogens with zero attached hydrogens (tertiary/aromatic N) is 1. The van der Waals surface area contributed by atoms with Crippen molar-refractivity contribution in [3.63, 3.8) is 0 Å². The summed E-state index contributed by atoms with van der Waals surface area (Å²) in [4.78, 5) is 0. The minimum absolute atomic E-state index is 0.447. The van der Waals surface area contributed by atoms with E-state index in [0.29, 0.717) is 12.0 Å². The van der Waals surface area contributed by atoms with Crippen LogP contribution in [0.2, 0.25) is 0 Å². The predicted octanol–water partition coefficient (Wildman–Crippen LogP) is 2.39. The highest BCUT2D eigenvalue weighted by Gasteiger charge is 2.27. The molecular formula is C11H18N2O. The lowest BCUT2D eigenvalue weighted by Crippen LogP contribution is -2.22. The first kappa shape index (κ1) is 9.71. The molecule has 78 valence electrons. The van der Waals surface area contributed by atoms with Crippen LogP contribution in [0.25, 0.3) is 0 Å². The van der Waals surface area contributed by atoms with E-state index in [1.165, 1.54) is 18.4 Å². The van der Waals surface area contributed by atoms with Gasteiger partial charge in [-0.05, 0) is 25.8 Å². The van der Waals surface area contributed by atoms with Crippen molar-refractivity contribution >= 4 is 0 Å². The average Bonchev–Trinajstić information content (AvgIpc) is 2.60. The maximum Gasteiger partial charge on any atom is 0.141 e. The minimum Gasteiger partial charge on any atom is -0.361 e. The lowest BCUT2D eigenvalue weighted by Gasteiger charge is -2.21. The molecule has 0 aliphatic heterocycles. The highest BCUT2D eigenvalue weighted by Crippen LogP contribution is 2.34. The zero-order valence-corrected chi connectivity index (χ0v) is 9.13. The number of rotatable bonds is 2. The fraction of sp³-hybridized carbons (Fsp3) is 0.727. The van der Waals surface area contributed by atoms with E-state index >= 15 is 0 Å². The Kier molecular flexibility index (Phi) is 2.59. The van der Waals surface area contributed by atoms with Crippen LogP contribution in [0.5, 0.6) is 0 Å². The van der Waals surface area contributed by atoms with Gasteiger partial charge in [0.2, 0.25) is 0 Å². The summed E-state index contributed by atoms with van der Waals surface area (Å²) in [7, 11) is 2.01. The van der Waals surface area contributed by atoms with E-state index in [-0.39, 0.29) is 0 Å². The third-order valence-electron chi connectivity index (χ3n) is 2.97. The van der Waals surface area contributed by atoms with Crippen molar-refractivity contribution in [1.29, 1.82) is 0 Å². The van der Waals surface area contributed by atoms with Crippen molar-refractivity contribution in [2.24, 2.45) is 0 Å². The van der Waals surface area contributed by atoms with E-state index in [9.17, 15) is 0 Å². The molecule has 1 atom stereocenters. The fourth-order valence-electron chi connectivity index (χ4n) is 2.21. The molecule has 0 saturated carbocycles. The van der Waals surface area contributed by atoms with Crippen LogP contribution in [-0.4, -0.2) is 12.2 Å². The molecule has 1 unspecified atom stereocenters. The van der Waals surface area contributed by atoms with Crippen LogP contribution >= 0.6 is 0 Å². The molecule has 3 heteroatoms. The SMILES string of the molecule is CNC1CCCc2onc(C(C)C)c21. The van der Waals surface area contributed by atoms with E-state index in [4.69, 9.17) is 4.52 Å². The molecule has 1 aliphatic rings. The molecule has 3 nitrogen and oxygen atoms in total. The van der Waals surface area contributed by atoms with Crippen LogP contribution in [0.3, 0.4) is 0 Å². The third-order valence-corrected chi connectivity index (χ3v) is 2.97. The molecule has 1 N–H and O–H groups in total. The molecule has 14 heavy (non-hydrogen) atoms. The Morgan fingerprint density at radius 2 is 2.29 bits per heavy atom. The molecule has 0 saturated heterocycles. The van der Waals surface area contributed by atoms with Gasteiger partial charge in [-0.15, -0.1) is 0 Å². The highest BCUT2D eigenvalue weighted by atomic mass is 16.5. The third kappa shape index (κ3) is 1.46. The summed E-state index contributed by atoms with van der Waals surface area (Å²) in [6, 6.07) is 0.447. The van der Waals surface area contributed by atoms with Crippen LogP contribution in [0.1, 0.15) is 55.7 Å². The lowest BCUT2D eigenvalue weighted by atomic mass is 9.89. The zero-order chi connectivity index (χ0) is 10.1. The van der Waals surface area contributed by atoms with E-state index < -0.39 is 0 Å². The van der Waals surface area contributed by atoms with Crippen molar-refractivity contribution in [3.05, 3.63) is 17.0 Å². The predicted molar refractivity (Wildman–Crippen MR) is 55.3 cm³/mol. The van der Waals surface area contributed by atoms with Gasteiger partial charge in [-0.25, -0.2) is 0 Å². The topological polar surface area (TPSA) is 38.1 Å². The summed E-state index contributed by atoms with van der Waals surface area (Å²) < 4.78 is 5.39. The van der Waals surface area contributed by atoms with Crippen molar-refractivity contribution in [1.82, 2.24) is 10.5 Å². The van der Waals surface area contributed by atoms with E-state index in [1.54, 1.807) is 0 Å². The summed E-state index contributed by atoms with van der Waals surface area (Å²) in [6.45, 7) is 4.33. The summed E-state index contributed by atoms with van der Waals surface area (Å²) in [5.74, 6) is 1.55. The smallest absolute Gasteiger partial charge is 0.141 e. The molecule has 1 aromatic heterocycles. The van der Waals surface area contributed by atoms with Gasteiger partial charge < -0.3 is 9.84 Å². The van der Waals surface area contributed by atoms with Crippen LogP contribution in [0, 0.1) is 0 Å². The fourth-order valence-corrected chi connectivity index (χ4v) is 2.21. The molecule has 2 rings (SSSR count). The Morgan fingerprint density at radius 1 is 1.50 bits per heavy atom. The van der Waals surface area contributed by atoms with Gasteiger partial charge >= 0.3 is 0 Å². The average molecular weight is 194 g/mol. The molecule has 0 fully saturated rings. The highest BCUT2D eigenvalue weighted by molar-refractivity contribution is 5.31. The standard InChI is InChI=1S/C11H18N2O/c1-7(2)11-10-8(12-3)5-4-6-9(10)14-13-11/h7-8,12H,4-6H2,1-3H3. The molecule has 1 aliphatic carbocycles. The van der Waals surface area contributed by atoms with Crippen LogP contribution in [-0.2, 0) is 6.42 Å². The maximum absolute atomic E-state index is 5.39. The normalized spacial score (nSPS) is 21.3. The second kappa shape index (κ2) is 3.73. The second-order valence-corrected chi connectivity index (χ2v) is 4.29. The first-order valence-corrected chi connectivity index (χ1v) is 5.39. The summed E-state index contributed by atoms with van der Waals surface area (Å²) >= 11 is 0. The monoisotopic (exact) mass is 194 g/mol. The first-order valence-electron chi connectivity index (χ1n) is 5.39. The Labute approximate surface area is 84.9 Å². The van der Waals surface area contributed by atoms with Gasteiger partial charge in [0.25, 0.3) is 0 Å². The Balaban J connectivity index is 2.41. The molecule has 1 heterocycles. The summed E-state index contributed by atoms with van der Waals surface area (Å²) in [5, 5.41) is 7.52. The number of aryl methyl sites for hydroxylation is 1. The van der Waals surface area contributed by atoms with Gasteiger partial charge in [-0.3, -0.25) is 0 Å². The molecule has 0 amide bonds. The van der Waals surface area contributed by atoms with Crippen molar-refractivity contribution in [3.8, 4) is 0 Å². The van der Waals surface area contributed by atoms with Gasteiger partial charge in [0.1, 0.15) is 5.76 Å². The molecular weight excluding hydrogens is 176 g/mol. The quantitative estimate of drug-likeness (QED) is 0.785. The number of nitrogens with one attached hydrogen (secondary N) is 1. The van der Waals surface area contributed by atoms with Gasteiger partial charge in [-0.1, -0.05) is 19.0 Å². The van der Waals surface area contributed by atoms with Crippen LogP contribution in [0.4, 0.5) is 0 Å². The first-order chi connectivity index (χ1) is 6.74. The number of hydrogen-bond donors (Lipinski definition) is 1. The Hall–Kier alpha value is -0.830. The van der Waals surface area contributed by atoms with Crippen molar-refractivity contribution in [2.45, 2.75) is 45.1 Å². The Bertz CT molecular complexity index is 317. The minimum atomic E-state index is 0.447. The lowest BCUT2D eigenvalue weighted by molar-refractivity contribution is 0.356. The largest absolute Gasteiger partial charge is 0.361 e. The van der Waals surface area contributed by atoms with Gasteiger partial charge in [0.15, 0.2) is 0 Å². The van der Waals surface area contributed by atoms with Crippen LogP contribution in [0.15, 0.2) is 4.52 Å². The molecule has 1 aromatic rings. The van der Waals surface area contributed by atoms with Gasteiger partial charge in [-0.2, -0.15) is 0 Å². The summed E-state index contributed by atoms with van der Waals surface area (Å²) in [5.41, 5.74) is 2.47. The second-order valence-electron chi connectivity index (χ2n) is 4.29. The number of aromatic nitrogens is 1. The van der Waals surface area contributed by atoms with E-state index in [1.807, 2.05) is 7.05 Å². The van der Waals surface area contributed by atoms with Gasteiger partial charge in [0, 0.05) is 18.0 Å². The Morgan fingerprint density at radius 3 is 2.93 bits per heavy atom. The molecule has 0 radical (unpaired) electrons. The van der Waals surface area contributed by atoms with Crippen LogP contribution < -0.4 is 5.32 Å². The van der Waals surface area contributed by atoms with Crippen molar-refractivity contribution < 1.29 is 4.52 Å². The molecule has 0 bridgehead atoms. The zero-order valence-electron chi connectivity index (χ0n) is 9.13. The summed E-state index contributed by atoms with van der Waals surface area (Å²) in [6.07, 6.45) is 3.45. The van der Waals surface area contributed by atoms with Gasteiger partial charge in [0.05, 0.1) is 5.69 Å². The molecule has 0 spiro atoms.